The fourth-order valence-electron chi connectivity index (χ4n) is 2.67. The third-order valence-corrected chi connectivity index (χ3v) is 5.95. The number of ether oxygens (including phenoxy) is 1. The average Bonchev–Trinajstić information content (AvgIpc) is 3.10. The maximum absolute atomic E-state index is 13.5. The molecule has 8 heteroatoms. The second kappa shape index (κ2) is 8.11. The maximum atomic E-state index is 13.5. The highest BCUT2D eigenvalue weighted by atomic mass is 32.2. The van der Waals surface area contributed by atoms with E-state index in [0.29, 0.717) is 11.6 Å². The zero-order valence-corrected chi connectivity index (χ0v) is 14.8. The maximum Gasteiger partial charge on any atom is 0.261 e. The normalized spacial score (nSPS) is 21.0. The van der Waals surface area contributed by atoms with E-state index >= 15 is 0 Å². The highest BCUT2D eigenvalue weighted by Crippen LogP contribution is 2.24. The molecule has 130 valence electrons. The van der Waals surface area contributed by atoms with E-state index in [1.807, 2.05) is 16.7 Å². The van der Waals surface area contributed by atoms with Crippen LogP contribution in [0.1, 0.15) is 0 Å². The van der Waals surface area contributed by atoms with Crippen LogP contribution in [0.3, 0.4) is 0 Å². The van der Waals surface area contributed by atoms with Crippen LogP contribution in [-0.4, -0.2) is 70.5 Å². The molecule has 0 bridgehead atoms. The molecule has 2 heterocycles. The van der Waals surface area contributed by atoms with Gasteiger partial charge in [-0.3, -0.25) is 9.59 Å². The molecule has 0 N–H and O–H groups in total. The molecule has 0 aliphatic carbocycles. The number of nitrogens with zero attached hydrogens (tertiary/aromatic N) is 2. The average molecular weight is 370 g/mol. The zero-order valence-electron chi connectivity index (χ0n) is 13.2. The van der Waals surface area contributed by atoms with Gasteiger partial charge in [0.1, 0.15) is 6.04 Å². The standard InChI is InChI=1S/C16H19FN2O3S2/c17-12-3-1-2-4-14(12)22-9-15(20)19-11-24-10-13(19)16(21)18-5-7-23-8-6-18/h1-4,13H,5-11H2/t13-/m0/s1. The predicted octanol–water partition coefficient (Wildman–Crippen LogP) is 1.68. The van der Waals surface area contributed by atoms with Crippen LogP contribution in [0.25, 0.3) is 0 Å². The number of benzene rings is 1. The summed E-state index contributed by atoms with van der Waals surface area (Å²) in [5.74, 6) is 2.24. The first-order valence-electron chi connectivity index (χ1n) is 7.78. The summed E-state index contributed by atoms with van der Waals surface area (Å²) in [6.07, 6.45) is 0. The quantitative estimate of drug-likeness (QED) is 0.807. The molecule has 24 heavy (non-hydrogen) atoms. The van der Waals surface area contributed by atoms with Gasteiger partial charge in [0, 0.05) is 30.3 Å². The second-order valence-corrected chi connectivity index (χ2v) is 7.76. The van der Waals surface area contributed by atoms with Crippen LogP contribution in [0, 0.1) is 5.82 Å². The number of hydrogen-bond acceptors (Lipinski definition) is 5. The van der Waals surface area contributed by atoms with Gasteiger partial charge < -0.3 is 14.5 Å². The van der Waals surface area contributed by atoms with Gasteiger partial charge in [-0.25, -0.2) is 4.39 Å². The fourth-order valence-corrected chi connectivity index (χ4v) is 4.75. The Morgan fingerprint density at radius 1 is 1.21 bits per heavy atom. The molecule has 2 aliphatic rings. The molecular formula is C16H19FN2O3S2. The lowest BCUT2D eigenvalue weighted by Gasteiger charge is -2.31. The van der Waals surface area contributed by atoms with Gasteiger partial charge in [-0.05, 0) is 12.1 Å². The van der Waals surface area contributed by atoms with Gasteiger partial charge in [0.2, 0.25) is 5.91 Å². The van der Waals surface area contributed by atoms with Gasteiger partial charge in [-0.1, -0.05) is 12.1 Å². The number of halogens is 1. The molecule has 2 aliphatic heterocycles. The lowest BCUT2D eigenvalue weighted by molar-refractivity contribution is -0.144. The van der Waals surface area contributed by atoms with Crippen molar-refractivity contribution in [2.75, 3.05) is 42.8 Å². The molecule has 0 radical (unpaired) electrons. The Hall–Kier alpha value is -1.41. The Labute approximate surface area is 148 Å². The molecule has 0 aromatic heterocycles. The first kappa shape index (κ1) is 17.4. The van der Waals surface area contributed by atoms with Gasteiger partial charge in [-0.2, -0.15) is 11.8 Å². The van der Waals surface area contributed by atoms with Crippen LogP contribution in [-0.2, 0) is 9.59 Å². The Morgan fingerprint density at radius 3 is 2.71 bits per heavy atom. The first-order valence-corrected chi connectivity index (χ1v) is 10.1. The van der Waals surface area contributed by atoms with Crippen molar-refractivity contribution >= 4 is 35.3 Å². The molecular weight excluding hydrogens is 351 g/mol. The van der Waals surface area contributed by atoms with Crippen molar-refractivity contribution in [3.63, 3.8) is 0 Å². The summed E-state index contributed by atoms with van der Waals surface area (Å²) in [5.41, 5.74) is 0. The number of hydrogen-bond donors (Lipinski definition) is 0. The van der Waals surface area contributed by atoms with Crippen molar-refractivity contribution < 1.29 is 18.7 Å². The summed E-state index contributed by atoms with van der Waals surface area (Å²) in [6.45, 7) is 1.21. The smallest absolute Gasteiger partial charge is 0.261 e. The predicted molar refractivity (Wildman–Crippen MR) is 93.8 cm³/mol. The molecule has 2 fully saturated rings. The summed E-state index contributed by atoms with van der Waals surface area (Å²) in [7, 11) is 0. The van der Waals surface area contributed by atoms with Crippen LogP contribution in [0.4, 0.5) is 4.39 Å². The molecule has 1 atom stereocenters. The first-order chi connectivity index (χ1) is 11.7. The number of carbonyl (C=O) groups is 2. The van der Waals surface area contributed by atoms with Gasteiger partial charge >= 0.3 is 0 Å². The minimum atomic E-state index is -0.500. The number of rotatable bonds is 4. The van der Waals surface area contributed by atoms with Crippen LogP contribution in [0.5, 0.6) is 5.75 Å². The van der Waals surface area contributed by atoms with E-state index in [1.54, 1.807) is 28.8 Å². The van der Waals surface area contributed by atoms with Crippen molar-refractivity contribution in [1.82, 2.24) is 9.80 Å². The topological polar surface area (TPSA) is 49.9 Å². The number of para-hydroxylation sites is 1. The minimum absolute atomic E-state index is 0.0135. The zero-order chi connectivity index (χ0) is 16.9. The van der Waals surface area contributed by atoms with E-state index in [9.17, 15) is 14.0 Å². The van der Waals surface area contributed by atoms with Gasteiger partial charge in [-0.15, -0.1) is 11.8 Å². The number of thioether (sulfide) groups is 2. The highest BCUT2D eigenvalue weighted by molar-refractivity contribution is 7.99. The Morgan fingerprint density at radius 2 is 1.96 bits per heavy atom. The lowest BCUT2D eigenvalue weighted by Crippen LogP contribution is -2.51. The SMILES string of the molecule is O=C([C@@H]1CSCN1C(=O)COc1ccccc1F)N1CCSCC1. The van der Waals surface area contributed by atoms with Gasteiger partial charge in [0.05, 0.1) is 5.88 Å². The third-order valence-electron chi connectivity index (χ3n) is 4.00. The molecule has 0 spiro atoms. The van der Waals surface area contributed by atoms with Crippen molar-refractivity contribution in [2.45, 2.75) is 6.04 Å². The molecule has 1 aromatic carbocycles. The third kappa shape index (κ3) is 3.97. The molecule has 5 nitrogen and oxygen atoms in total. The van der Waals surface area contributed by atoms with E-state index in [4.69, 9.17) is 4.74 Å². The lowest BCUT2D eigenvalue weighted by atomic mass is 10.2. The summed E-state index contributed by atoms with van der Waals surface area (Å²) < 4.78 is 18.8. The van der Waals surface area contributed by atoms with E-state index in [0.717, 1.165) is 24.6 Å². The number of carbonyl (C=O) groups excluding carboxylic acids is 2. The van der Waals surface area contributed by atoms with Crippen molar-refractivity contribution in [3.05, 3.63) is 30.1 Å². The molecule has 0 saturated carbocycles. The largest absolute Gasteiger partial charge is 0.481 e. The van der Waals surface area contributed by atoms with Crippen molar-refractivity contribution in [2.24, 2.45) is 0 Å². The van der Waals surface area contributed by atoms with Crippen LogP contribution >= 0.6 is 23.5 Å². The Kier molecular flexibility index (Phi) is 5.89. The number of amides is 2. The van der Waals surface area contributed by atoms with Gasteiger partial charge in [0.25, 0.3) is 5.91 Å². The summed E-state index contributed by atoms with van der Waals surface area (Å²) in [4.78, 5) is 28.5. The molecule has 3 rings (SSSR count). The minimum Gasteiger partial charge on any atom is -0.481 e. The van der Waals surface area contributed by atoms with E-state index in [-0.39, 0.29) is 24.2 Å². The van der Waals surface area contributed by atoms with Crippen molar-refractivity contribution in [3.8, 4) is 5.75 Å². The van der Waals surface area contributed by atoms with Crippen molar-refractivity contribution in [1.29, 1.82) is 0 Å². The highest BCUT2D eigenvalue weighted by Gasteiger charge is 2.37. The molecule has 2 amide bonds. The van der Waals surface area contributed by atoms with E-state index in [1.165, 1.54) is 12.1 Å². The Bertz CT molecular complexity index is 611. The van der Waals surface area contributed by atoms with Gasteiger partial charge in [0.15, 0.2) is 18.2 Å². The van der Waals surface area contributed by atoms with Crippen LogP contribution in [0.15, 0.2) is 24.3 Å². The summed E-state index contributed by atoms with van der Waals surface area (Å²) >= 11 is 3.40. The molecule has 0 unspecified atom stereocenters. The summed E-state index contributed by atoms with van der Waals surface area (Å²) in [5, 5.41) is 0. The van der Waals surface area contributed by atoms with Crippen LogP contribution < -0.4 is 4.74 Å². The summed E-state index contributed by atoms with van der Waals surface area (Å²) in [6, 6.07) is 5.54. The Balaban J connectivity index is 1.59. The molecule has 2 saturated heterocycles. The van der Waals surface area contributed by atoms with Crippen LogP contribution in [0.2, 0.25) is 0 Å². The van der Waals surface area contributed by atoms with E-state index < -0.39 is 11.9 Å². The monoisotopic (exact) mass is 370 g/mol. The second-order valence-electron chi connectivity index (χ2n) is 5.54. The molecule has 1 aromatic rings. The fraction of sp³-hybridized carbons (Fsp3) is 0.500. The van der Waals surface area contributed by atoms with E-state index in [2.05, 4.69) is 0 Å².